The first kappa shape index (κ1) is 14.3. The Balaban J connectivity index is 2.70. The number of nitro benzene ring substituents is 2. The summed E-state index contributed by atoms with van der Waals surface area (Å²) in [5.74, 6) is -3.10. The lowest BCUT2D eigenvalue weighted by molar-refractivity contribution is -0.394. The average molecular weight is 287 g/mol. The number of hydrogen-bond acceptors (Lipinski definition) is 5. The van der Waals surface area contributed by atoms with Crippen molar-refractivity contribution >= 4 is 11.4 Å². The molecular weight excluding hydrogens is 276 g/mol. The van der Waals surface area contributed by atoms with Crippen molar-refractivity contribution in [3.05, 3.63) is 43.5 Å². The van der Waals surface area contributed by atoms with Crippen molar-refractivity contribution in [3.63, 3.8) is 0 Å². The van der Waals surface area contributed by atoms with E-state index in [1.165, 1.54) is 6.92 Å². The highest BCUT2D eigenvalue weighted by atomic mass is 19.3. The minimum absolute atomic E-state index is 0.0109. The standard InChI is InChI=1S/C11H11F2N3O4/c1-6-8(10(5-14)4-11(10,12)13)2-7(15(17)18)3-9(6)16(19)20/h2-3H,4-5,14H2,1H3. The Kier molecular flexibility index (Phi) is 2.97. The maximum absolute atomic E-state index is 13.6. The summed E-state index contributed by atoms with van der Waals surface area (Å²) in [5, 5.41) is 21.7. The Morgan fingerprint density at radius 2 is 1.85 bits per heavy atom. The summed E-state index contributed by atoms with van der Waals surface area (Å²) >= 11 is 0. The molecule has 2 rings (SSSR count). The summed E-state index contributed by atoms with van der Waals surface area (Å²) in [6.45, 7) is 0.863. The van der Waals surface area contributed by atoms with Crippen molar-refractivity contribution in [1.29, 1.82) is 0 Å². The fraction of sp³-hybridized carbons (Fsp3) is 0.455. The van der Waals surface area contributed by atoms with Crippen molar-refractivity contribution in [2.75, 3.05) is 6.54 Å². The molecule has 0 aromatic heterocycles. The van der Waals surface area contributed by atoms with E-state index < -0.39 is 45.5 Å². The van der Waals surface area contributed by atoms with E-state index in [4.69, 9.17) is 5.73 Å². The van der Waals surface area contributed by atoms with Crippen LogP contribution in [0.4, 0.5) is 20.2 Å². The number of alkyl halides is 2. The minimum Gasteiger partial charge on any atom is -0.329 e. The van der Waals surface area contributed by atoms with Crippen LogP contribution >= 0.6 is 0 Å². The van der Waals surface area contributed by atoms with E-state index in [-0.39, 0.29) is 11.1 Å². The second kappa shape index (κ2) is 4.17. The van der Waals surface area contributed by atoms with Gasteiger partial charge in [-0.25, -0.2) is 8.78 Å². The summed E-state index contributed by atoms with van der Waals surface area (Å²) in [4.78, 5) is 20.0. The Hall–Kier alpha value is -2.16. The molecule has 7 nitrogen and oxygen atoms in total. The molecule has 0 saturated heterocycles. The van der Waals surface area contributed by atoms with E-state index in [2.05, 4.69) is 0 Å². The van der Waals surface area contributed by atoms with Gasteiger partial charge in [0.15, 0.2) is 0 Å². The quantitative estimate of drug-likeness (QED) is 0.672. The molecule has 108 valence electrons. The third kappa shape index (κ3) is 1.82. The highest BCUT2D eigenvalue weighted by Crippen LogP contribution is 2.62. The number of hydrogen-bond donors (Lipinski definition) is 1. The molecule has 2 N–H and O–H groups in total. The number of nitro groups is 2. The SMILES string of the molecule is Cc1c([N+](=O)[O-])cc([N+](=O)[O-])cc1C1(CN)CC1(F)F. The van der Waals surface area contributed by atoms with E-state index >= 15 is 0 Å². The summed E-state index contributed by atoms with van der Waals surface area (Å²) < 4.78 is 27.1. The highest BCUT2D eigenvalue weighted by Gasteiger charge is 2.72. The van der Waals surface area contributed by atoms with Crippen LogP contribution in [0.25, 0.3) is 0 Å². The highest BCUT2D eigenvalue weighted by molar-refractivity contribution is 5.58. The zero-order chi connectivity index (χ0) is 15.3. The predicted molar refractivity (Wildman–Crippen MR) is 64.8 cm³/mol. The number of nitrogens with zero attached hydrogens (tertiary/aromatic N) is 2. The van der Waals surface area contributed by atoms with Crippen LogP contribution in [-0.2, 0) is 5.41 Å². The number of halogens is 2. The third-order valence-corrected chi connectivity index (χ3v) is 3.74. The zero-order valence-electron chi connectivity index (χ0n) is 10.4. The van der Waals surface area contributed by atoms with Gasteiger partial charge in [0.1, 0.15) is 0 Å². The molecule has 1 aliphatic carbocycles. The van der Waals surface area contributed by atoms with Gasteiger partial charge in [-0.1, -0.05) is 0 Å². The minimum atomic E-state index is -3.10. The lowest BCUT2D eigenvalue weighted by Crippen LogP contribution is -2.28. The lowest BCUT2D eigenvalue weighted by atomic mass is 9.90. The predicted octanol–water partition coefficient (Wildman–Crippen LogP) is 2.05. The zero-order valence-corrected chi connectivity index (χ0v) is 10.4. The van der Waals surface area contributed by atoms with Crippen molar-refractivity contribution in [1.82, 2.24) is 0 Å². The van der Waals surface area contributed by atoms with Crippen molar-refractivity contribution in [2.45, 2.75) is 24.7 Å². The normalized spacial score (nSPS) is 23.4. The van der Waals surface area contributed by atoms with Gasteiger partial charge in [0.25, 0.3) is 17.3 Å². The second-order valence-corrected chi connectivity index (χ2v) is 4.82. The van der Waals surface area contributed by atoms with Gasteiger partial charge in [0.2, 0.25) is 0 Å². The van der Waals surface area contributed by atoms with Gasteiger partial charge in [0, 0.05) is 24.6 Å². The molecule has 0 amide bonds. The largest absolute Gasteiger partial charge is 0.329 e. The summed E-state index contributed by atoms with van der Waals surface area (Å²) in [6.07, 6.45) is -0.560. The maximum Gasteiger partial charge on any atom is 0.279 e. The van der Waals surface area contributed by atoms with Gasteiger partial charge in [-0.2, -0.15) is 0 Å². The lowest BCUT2D eigenvalue weighted by Gasteiger charge is -2.16. The van der Waals surface area contributed by atoms with Crippen LogP contribution in [-0.4, -0.2) is 22.3 Å². The molecule has 1 atom stereocenters. The van der Waals surface area contributed by atoms with E-state index in [1.54, 1.807) is 0 Å². The molecule has 9 heteroatoms. The molecule has 1 aromatic rings. The molecule has 1 fully saturated rings. The van der Waals surface area contributed by atoms with Crippen molar-refractivity contribution < 1.29 is 18.6 Å². The van der Waals surface area contributed by atoms with Crippen LogP contribution in [0.1, 0.15) is 17.5 Å². The number of rotatable bonds is 4. The third-order valence-electron chi connectivity index (χ3n) is 3.74. The van der Waals surface area contributed by atoms with Gasteiger partial charge < -0.3 is 5.73 Å². The maximum atomic E-state index is 13.6. The molecule has 0 bridgehead atoms. The van der Waals surface area contributed by atoms with Crippen LogP contribution < -0.4 is 5.73 Å². The molecule has 0 heterocycles. The molecule has 20 heavy (non-hydrogen) atoms. The first-order valence-corrected chi connectivity index (χ1v) is 5.68. The Morgan fingerprint density at radius 3 is 2.20 bits per heavy atom. The molecule has 1 aliphatic rings. The van der Waals surface area contributed by atoms with Gasteiger partial charge >= 0.3 is 0 Å². The van der Waals surface area contributed by atoms with E-state index in [9.17, 15) is 29.0 Å². The molecule has 0 aliphatic heterocycles. The topological polar surface area (TPSA) is 112 Å². The monoisotopic (exact) mass is 287 g/mol. The molecular formula is C11H11F2N3O4. The molecule has 1 unspecified atom stereocenters. The molecule has 1 aromatic carbocycles. The fourth-order valence-electron chi connectivity index (χ4n) is 2.43. The average Bonchev–Trinajstić information content (AvgIpc) is 2.92. The van der Waals surface area contributed by atoms with E-state index in [0.29, 0.717) is 0 Å². The van der Waals surface area contributed by atoms with Gasteiger partial charge in [-0.15, -0.1) is 0 Å². The van der Waals surface area contributed by atoms with Crippen molar-refractivity contribution in [2.24, 2.45) is 5.73 Å². The Bertz CT molecular complexity index is 620. The Morgan fingerprint density at radius 1 is 1.30 bits per heavy atom. The Labute approximate surface area is 111 Å². The second-order valence-electron chi connectivity index (χ2n) is 4.82. The molecule has 1 saturated carbocycles. The number of benzene rings is 1. The van der Waals surface area contributed by atoms with Crippen molar-refractivity contribution in [3.8, 4) is 0 Å². The molecule has 0 spiro atoms. The van der Waals surface area contributed by atoms with Gasteiger partial charge in [-0.05, 0) is 12.5 Å². The first-order chi connectivity index (χ1) is 9.16. The molecule has 0 radical (unpaired) electrons. The smallest absolute Gasteiger partial charge is 0.279 e. The number of non-ortho nitro benzene ring substituents is 1. The summed E-state index contributed by atoms with van der Waals surface area (Å²) in [7, 11) is 0. The van der Waals surface area contributed by atoms with Gasteiger partial charge in [0.05, 0.1) is 21.3 Å². The van der Waals surface area contributed by atoms with E-state index in [1.807, 2.05) is 0 Å². The van der Waals surface area contributed by atoms with Crippen LogP contribution in [0, 0.1) is 27.2 Å². The van der Waals surface area contributed by atoms with Crippen LogP contribution in [0.3, 0.4) is 0 Å². The fourth-order valence-corrected chi connectivity index (χ4v) is 2.43. The van der Waals surface area contributed by atoms with Crippen LogP contribution in [0.15, 0.2) is 12.1 Å². The summed E-state index contributed by atoms with van der Waals surface area (Å²) in [6, 6.07) is 1.72. The summed E-state index contributed by atoms with van der Waals surface area (Å²) in [5.41, 5.74) is 2.36. The first-order valence-electron chi connectivity index (χ1n) is 5.68. The van der Waals surface area contributed by atoms with Gasteiger partial charge in [-0.3, -0.25) is 20.2 Å². The van der Waals surface area contributed by atoms with Crippen LogP contribution in [0.5, 0.6) is 0 Å². The number of nitrogens with two attached hydrogens (primary N) is 1. The van der Waals surface area contributed by atoms with E-state index in [0.717, 1.165) is 12.1 Å². The van der Waals surface area contributed by atoms with Crippen LogP contribution in [0.2, 0.25) is 0 Å².